The molecule has 1 aliphatic carbocycles. The van der Waals surface area contributed by atoms with Crippen molar-refractivity contribution in [2.24, 2.45) is 0 Å². The molecular weight excluding hydrogens is 326 g/mol. The molecule has 2 aromatic heterocycles. The highest BCUT2D eigenvalue weighted by molar-refractivity contribution is 7.89. The monoisotopic (exact) mass is 349 g/mol. The summed E-state index contributed by atoms with van der Waals surface area (Å²) in [6.07, 6.45) is 10.2. The Balaban J connectivity index is 1.46. The maximum atomic E-state index is 13.0. The molecule has 2 aliphatic rings. The summed E-state index contributed by atoms with van der Waals surface area (Å²) in [5.74, 6) is 0. The summed E-state index contributed by atoms with van der Waals surface area (Å²) in [6, 6.07) is 3.55. The molecule has 6 nitrogen and oxygen atoms in total. The van der Waals surface area contributed by atoms with Crippen LogP contribution in [-0.2, 0) is 14.8 Å². The van der Waals surface area contributed by atoms with E-state index in [-0.39, 0.29) is 6.10 Å². The lowest BCUT2D eigenvalue weighted by molar-refractivity contribution is -0.0302. The zero-order chi connectivity index (χ0) is 16.6. The lowest BCUT2D eigenvalue weighted by Gasteiger charge is -2.32. The van der Waals surface area contributed by atoms with Crippen molar-refractivity contribution in [1.82, 2.24) is 14.3 Å². The number of piperidine rings is 1. The van der Waals surface area contributed by atoms with Crippen LogP contribution in [-0.4, -0.2) is 48.0 Å². The van der Waals surface area contributed by atoms with Crippen molar-refractivity contribution >= 4 is 21.1 Å². The van der Waals surface area contributed by atoms with Crippen LogP contribution in [0.2, 0.25) is 0 Å². The lowest BCUT2D eigenvalue weighted by Crippen LogP contribution is -2.41. The van der Waals surface area contributed by atoms with Gasteiger partial charge in [-0.3, -0.25) is 0 Å². The predicted molar refractivity (Wildman–Crippen MR) is 91.2 cm³/mol. The van der Waals surface area contributed by atoms with Gasteiger partial charge in [-0.25, -0.2) is 13.4 Å². The molecule has 2 fully saturated rings. The van der Waals surface area contributed by atoms with E-state index in [1.807, 2.05) is 0 Å². The van der Waals surface area contributed by atoms with E-state index >= 15 is 0 Å². The fraction of sp³-hybridized carbons (Fsp3) is 0.588. The van der Waals surface area contributed by atoms with Crippen molar-refractivity contribution in [3.05, 3.63) is 24.5 Å². The Morgan fingerprint density at radius 2 is 1.83 bits per heavy atom. The van der Waals surface area contributed by atoms with Gasteiger partial charge in [-0.1, -0.05) is 12.8 Å². The second-order valence-corrected chi connectivity index (χ2v) is 8.60. The van der Waals surface area contributed by atoms with E-state index in [0.29, 0.717) is 35.1 Å². The number of nitrogens with zero attached hydrogens (tertiary/aromatic N) is 2. The molecule has 130 valence electrons. The Labute approximate surface area is 142 Å². The van der Waals surface area contributed by atoms with Crippen LogP contribution in [0.3, 0.4) is 0 Å². The number of H-pyrrole nitrogens is 1. The molecule has 2 aromatic rings. The highest BCUT2D eigenvalue weighted by Crippen LogP contribution is 2.29. The second kappa shape index (κ2) is 6.46. The number of ether oxygens (including phenoxy) is 1. The minimum atomic E-state index is -3.49. The topological polar surface area (TPSA) is 75.3 Å². The molecule has 1 saturated heterocycles. The van der Waals surface area contributed by atoms with Gasteiger partial charge in [0.25, 0.3) is 0 Å². The van der Waals surface area contributed by atoms with Crippen molar-refractivity contribution in [3.8, 4) is 0 Å². The highest BCUT2D eigenvalue weighted by atomic mass is 32.2. The van der Waals surface area contributed by atoms with Crippen LogP contribution in [0.25, 0.3) is 11.0 Å². The summed E-state index contributed by atoms with van der Waals surface area (Å²) in [7, 11) is -3.49. The number of aromatic nitrogens is 2. The summed E-state index contributed by atoms with van der Waals surface area (Å²) in [5, 5.41) is 0.654. The van der Waals surface area contributed by atoms with Crippen LogP contribution >= 0.6 is 0 Å². The number of nitrogens with one attached hydrogen (secondary N) is 1. The predicted octanol–water partition coefficient (Wildman–Crippen LogP) is 2.68. The van der Waals surface area contributed by atoms with E-state index in [0.717, 1.165) is 25.7 Å². The van der Waals surface area contributed by atoms with Crippen molar-refractivity contribution in [3.63, 3.8) is 0 Å². The molecule has 4 rings (SSSR count). The Morgan fingerprint density at radius 3 is 2.58 bits per heavy atom. The van der Waals surface area contributed by atoms with Crippen molar-refractivity contribution < 1.29 is 13.2 Å². The molecule has 0 aromatic carbocycles. The Bertz CT molecular complexity index is 803. The second-order valence-electron chi connectivity index (χ2n) is 6.70. The molecule has 3 heterocycles. The van der Waals surface area contributed by atoms with Gasteiger partial charge >= 0.3 is 0 Å². The van der Waals surface area contributed by atoms with E-state index in [1.54, 1.807) is 28.8 Å². The smallest absolute Gasteiger partial charge is 0.245 e. The van der Waals surface area contributed by atoms with Gasteiger partial charge in [-0.15, -0.1) is 0 Å². The molecule has 7 heteroatoms. The van der Waals surface area contributed by atoms with E-state index in [2.05, 4.69) is 9.97 Å². The van der Waals surface area contributed by atoms with Crippen LogP contribution in [0, 0.1) is 0 Å². The third-order valence-electron chi connectivity index (χ3n) is 5.12. The van der Waals surface area contributed by atoms with Gasteiger partial charge in [0.1, 0.15) is 10.5 Å². The number of rotatable bonds is 4. The third kappa shape index (κ3) is 2.96. The maximum Gasteiger partial charge on any atom is 0.245 e. The molecular formula is C17H23N3O3S. The zero-order valence-electron chi connectivity index (χ0n) is 13.6. The molecule has 0 bridgehead atoms. The Morgan fingerprint density at radius 1 is 1.12 bits per heavy atom. The summed E-state index contributed by atoms with van der Waals surface area (Å²) < 4.78 is 33.6. The molecule has 1 saturated carbocycles. The van der Waals surface area contributed by atoms with Gasteiger partial charge in [0.2, 0.25) is 10.0 Å². The number of hydrogen-bond acceptors (Lipinski definition) is 4. The van der Waals surface area contributed by atoms with Crippen molar-refractivity contribution in [2.75, 3.05) is 13.1 Å². The molecule has 0 radical (unpaired) electrons. The van der Waals surface area contributed by atoms with Crippen LogP contribution in [0.4, 0.5) is 0 Å². The SMILES string of the molecule is O=S(=O)(c1c[nH]c2ncccc12)N1CCC(OC2CCCC2)CC1. The molecule has 1 N–H and O–H groups in total. The van der Waals surface area contributed by atoms with Crippen LogP contribution in [0.1, 0.15) is 38.5 Å². The zero-order valence-corrected chi connectivity index (χ0v) is 14.5. The molecule has 0 unspecified atom stereocenters. The molecule has 1 aliphatic heterocycles. The van der Waals surface area contributed by atoms with Gasteiger partial charge in [0.05, 0.1) is 12.2 Å². The fourth-order valence-corrected chi connectivity index (χ4v) is 5.41. The van der Waals surface area contributed by atoms with Crippen molar-refractivity contribution in [1.29, 1.82) is 0 Å². The van der Waals surface area contributed by atoms with Crippen LogP contribution in [0.5, 0.6) is 0 Å². The highest BCUT2D eigenvalue weighted by Gasteiger charge is 2.32. The first-order valence-electron chi connectivity index (χ1n) is 8.72. The minimum absolute atomic E-state index is 0.198. The van der Waals surface area contributed by atoms with Crippen LogP contribution < -0.4 is 0 Å². The lowest BCUT2D eigenvalue weighted by atomic mass is 10.1. The van der Waals surface area contributed by atoms with Gasteiger partial charge in [-0.2, -0.15) is 4.31 Å². The first-order chi connectivity index (χ1) is 11.6. The number of pyridine rings is 1. The summed E-state index contributed by atoms with van der Waals surface area (Å²) in [6.45, 7) is 1.04. The van der Waals surface area contributed by atoms with E-state index in [9.17, 15) is 8.42 Å². The molecule has 0 spiro atoms. The van der Waals surface area contributed by atoms with E-state index in [4.69, 9.17) is 4.74 Å². The Hall–Kier alpha value is -1.44. The van der Waals surface area contributed by atoms with Gasteiger partial charge < -0.3 is 9.72 Å². The normalized spacial score (nSPS) is 21.7. The van der Waals surface area contributed by atoms with Gasteiger partial charge in [-0.05, 0) is 37.8 Å². The number of fused-ring (bicyclic) bond motifs is 1. The van der Waals surface area contributed by atoms with Crippen molar-refractivity contribution in [2.45, 2.75) is 55.6 Å². The number of aromatic amines is 1. The summed E-state index contributed by atoms with van der Waals surface area (Å²) >= 11 is 0. The quantitative estimate of drug-likeness (QED) is 0.921. The molecule has 0 atom stereocenters. The van der Waals surface area contributed by atoms with Gasteiger partial charge in [0.15, 0.2) is 0 Å². The number of sulfonamides is 1. The largest absolute Gasteiger partial charge is 0.375 e. The Kier molecular flexibility index (Phi) is 4.32. The maximum absolute atomic E-state index is 13.0. The summed E-state index contributed by atoms with van der Waals surface area (Å²) in [4.78, 5) is 7.44. The van der Waals surface area contributed by atoms with E-state index in [1.165, 1.54) is 12.8 Å². The standard InChI is InChI=1S/C17H23N3O3S/c21-24(22,16-12-19-17-15(16)6-3-9-18-17)20-10-7-14(8-11-20)23-13-4-1-2-5-13/h3,6,9,12-14H,1-2,4-5,7-8,10-11H2,(H,18,19). The molecule has 24 heavy (non-hydrogen) atoms. The molecule has 0 amide bonds. The third-order valence-corrected chi connectivity index (χ3v) is 7.06. The van der Waals surface area contributed by atoms with Gasteiger partial charge in [0, 0.05) is 30.9 Å². The average molecular weight is 349 g/mol. The first-order valence-corrected chi connectivity index (χ1v) is 10.2. The van der Waals surface area contributed by atoms with E-state index < -0.39 is 10.0 Å². The minimum Gasteiger partial charge on any atom is -0.375 e. The first kappa shape index (κ1) is 16.1. The number of hydrogen-bond donors (Lipinski definition) is 1. The fourth-order valence-electron chi connectivity index (χ4n) is 3.79. The summed E-state index contributed by atoms with van der Waals surface area (Å²) in [5.41, 5.74) is 0.607. The van der Waals surface area contributed by atoms with Crippen LogP contribution in [0.15, 0.2) is 29.4 Å². The average Bonchev–Trinajstić information content (AvgIpc) is 3.24.